The molecule has 13 rings (SSSR count). The lowest BCUT2D eigenvalue weighted by atomic mass is 9.86. The summed E-state index contributed by atoms with van der Waals surface area (Å²) in [6.07, 6.45) is 8.25. The third kappa shape index (κ3) is 18.1. The summed E-state index contributed by atoms with van der Waals surface area (Å²) in [7, 11) is 0. The first-order valence-electron chi connectivity index (χ1n) is 33.7. The van der Waals surface area contributed by atoms with Crippen molar-refractivity contribution in [2.24, 2.45) is 0 Å². The predicted molar refractivity (Wildman–Crippen MR) is 431 cm³/mol. The van der Waals surface area contributed by atoms with Crippen LogP contribution in [0.5, 0.6) is 23.0 Å². The second kappa shape index (κ2) is 34.1. The lowest BCUT2D eigenvalue weighted by Gasteiger charge is -2.25. The number of ether oxygens (including phenoxy) is 4. The summed E-state index contributed by atoms with van der Waals surface area (Å²) in [5.41, 5.74) is 17.0. The number of hydrogen-bond donors (Lipinski definition) is 0. The van der Waals surface area contributed by atoms with Gasteiger partial charge in [0.05, 0.1) is 46.6 Å². The molecule has 1 aliphatic carbocycles. The number of halogens is 4. The Hall–Kier alpha value is -11.3. The average molecular weight is 1610 g/mol. The third-order valence-electron chi connectivity index (χ3n) is 17.8. The van der Waals surface area contributed by atoms with Crippen molar-refractivity contribution in [3.8, 4) is 47.3 Å². The third-order valence-corrected chi connectivity index (χ3v) is 20.0. The molecule has 0 fully saturated rings. The molecule has 12 aromatic rings. The molecule has 1 aliphatic rings. The summed E-state index contributed by atoms with van der Waals surface area (Å²) < 4.78 is 33.2. The van der Waals surface area contributed by atoms with Gasteiger partial charge in [-0.1, -0.05) is 234 Å². The highest BCUT2D eigenvalue weighted by Gasteiger charge is 2.27. The maximum Gasteiger partial charge on any atom is 0.126 e. The second-order valence-electron chi connectivity index (χ2n) is 25.2. The number of nitriles is 4. The molecule has 0 spiro atoms. The zero-order valence-electron chi connectivity index (χ0n) is 56.3. The van der Waals surface area contributed by atoms with E-state index >= 15 is 0 Å². The van der Waals surface area contributed by atoms with Gasteiger partial charge in [0.1, 0.15) is 49.4 Å². The van der Waals surface area contributed by atoms with Gasteiger partial charge in [0.15, 0.2) is 0 Å². The Labute approximate surface area is 640 Å². The first-order valence-corrected chi connectivity index (χ1v) is 36.9. The van der Waals surface area contributed by atoms with E-state index in [4.69, 9.17) is 18.9 Å². The molecule has 0 aromatic heterocycles. The zero-order chi connectivity index (χ0) is 71.7. The fourth-order valence-electron chi connectivity index (χ4n) is 12.8. The van der Waals surface area contributed by atoms with Gasteiger partial charge in [0.2, 0.25) is 0 Å². The average Bonchev–Trinajstić information content (AvgIpc) is 0.763. The highest BCUT2D eigenvalue weighted by molar-refractivity contribution is 9.11. The zero-order valence-corrected chi connectivity index (χ0v) is 62.6. The molecular weight excluding hydrogens is 1540 g/mol. The molecule has 104 heavy (non-hydrogen) atoms. The Morgan fingerprint density at radius 1 is 0.260 bits per heavy atom. The SMILES string of the molecule is N#C/C(=C\c1ccc(Br)cc1)c1cc2c(OCc3ccccc3)c(c1)Cc1cc(/C(C#N)=C/c3ccc(Br)cc3)cc(c1OCc1ccccc1)Cc1cc(/C(C#N)=C\c3ccc(Br)cc3)cc(c1OCc1ccccc1)Cc1cc(/C(C#N)=C/c3ccc(Br)cc3)cc(c1OCc1ccccc1)C2. The molecule has 0 radical (unpaired) electrons. The van der Waals surface area contributed by atoms with Gasteiger partial charge < -0.3 is 18.9 Å². The summed E-state index contributed by atoms with van der Waals surface area (Å²) in [4.78, 5) is 0. The van der Waals surface area contributed by atoms with Crippen molar-refractivity contribution in [2.75, 3.05) is 0 Å². The van der Waals surface area contributed by atoms with Gasteiger partial charge in [0, 0.05) is 43.6 Å². The van der Waals surface area contributed by atoms with Crippen LogP contribution >= 0.6 is 63.7 Å². The molecule has 12 aromatic carbocycles. The van der Waals surface area contributed by atoms with Crippen LogP contribution < -0.4 is 18.9 Å². The summed E-state index contributed by atoms with van der Waals surface area (Å²) >= 11 is 14.5. The quantitative estimate of drug-likeness (QED) is 0.0544. The van der Waals surface area contributed by atoms with Crippen molar-refractivity contribution in [1.82, 2.24) is 0 Å². The number of allylic oxidation sites excluding steroid dienone is 4. The standard InChI is InChI=1S/C92H64Br4N4O4/c93-85-29-21-61(22-30-85)37-81(53-97)69-41-73-49-75-43-70(82(54-98)38-62-23-31-86(94)32-24-62)45-77(90(75)102-58-66-15-7-2-8-16-66)51-79-47-72(84(56-100)40-64-27-35-88(96)36-28-64)48-80(92(79)104-60-68-19-11-4-12-20-68)52-78-46-71(83(55-99)39-63-25-33-87(95)34-26-63)44-76(91(78)103-59-67-17-9-3-10-18-67)50-74(42-69)89(73)101-57-65-13-5-1-6-14-65/h1-48H,49-52,57-60H2/b81-37-,82-38+,83-39+,84-40+. The van der Waals surface area contributed by atoms with E-state index in [1.807, 2.05) is 291 Å². The van der Waals surface area contributed by atoms with Gasteiger partial charge in [-0.25, -0.2) is 0 Å². The Kier molecular flexibility index (Phi) is 23.3. The molecule has 0 saturated heterocycles. The Morgan fingerprint density at radius 2 is 0.433 bits per heavy atom. The van der Waals surface area contributed by atoms with Gasteiger partial charge in [-0.15, -0.1) is 0 Å². The normalized spacial score (nSPS) is 12.2. The van der Waals surface area contributed by atoms with Crippen molar-refractivity contribution in [1.29, 1.82) is 21.0 Å². The lowest BCUT2D eigenvalue weighted by molar-refractivity contribution is 0.293. The van der Waals surface area contributed by atoms with E-state index in [2.05, 4.69) is 88.0 Å². The van der Waals surface area contributed by atoms with Gasteiger partial charge in [0.25, 0.3) is 0 Å². The van der Waals surface area contributed by atoms with Crippen LogP contribution in [0.4, 0.5) is 0 Å². The van der Waals surface area contributed by atoms with Crippen LogP contribution in [0.3, 0.4) is 0 Å². The molecule has 504 valence electrons. The van der Waals surface area contributed by atoms with E-state index in [0.29, 0.717) is 67.5 Å². The predicted octanol–water partition coefficient (Wildman–Crippen LogP) is 24.0. The molecule has 8 bridgehead atoms. The molecule has 12 heteroatoms. The first-order chi connectivity index (χ1) is 50.9. The molecule has 0 atom stereocenters. The minimum Gasteiger partial charge on any atom is -0.488 e. The van der Waals surface area contributed by atoms with Crippen LogP contribution in [0, 0.1) is 45.3 Å². The van der Waals surface area contributed by atoms with Gasteiger partial charge in [-0.3, -0.25) is 0 Å². The number of rotatable bonds is 20. The topological polar surface area (TPSA) is 132 Å². The largest absolute Gasteiger partial charge is 0.488 e. The van der Waals surface area contributed by atoms with E-state index in [-0.39, 0.29) is 52.1 Å². The fourth-order valence-corrected chi connectivity index (χ4v) is 13.9. The fraction of sp³-hybridized carbons (Fsp3) is 0.0870. The minimum atomic E-state index is 0.165. The van der Waals surface area contributed by atoms with Crippen LogP contribution in [0.25, 0.3) is 46.6 Å². The smallest absolute Gasteiger partial charge is 0.126 e. The van der Waals surface area contributed by atoms with Crippen molar-refractivity contribution in [2.45, 2.75) is 52.1 Å². The summed E-state index contributed by atoms with van der Waals surface area (Å²) in [6, 6.07) is 98.3. The molecule has 0 N–H and O–H groups in total. The van der Waals surface area contributed by atoms with Crippen LogP contribution in [-0.4, -0.2) is 0 Å². The Bertz CT molecular complexity index is 4650. The Morgan fingerprint density at radius 3 is 0.596 bits per heavy atom. The van der Waals surface area contributed by atoms with Crippen LogP contribution in [0.1, 0.15) is 111 Å². The minimum absolute atomic E-state index is 0.165. The van der Waals surface area contributed by atoms with Crippen molar-refractivity contribution in [3.05, 3.63) is 396 Å². The highest BCUT2D eigenvalue weighted by atomic mass is 79.9. The maximum absolute atomic E-state index is 11.5. The van der Waals surface area contributed by atoms with Gasteiger partial charge in [-0.2, -0.15) is 21.0 Å². The highest BCUT2D eigenvalue weighted by Crippen LogP contribution is 2.45. The molecule has 0 aliphatic heterocycles. The van der Waals surface area contributed by atoms with E-state index in [9.17, 15) is 21.0 Å². The number of nitrogens with zero attached hydrogens (tertiary/aromatic N) is 4. The molecule has 0 heterocycles. The number of hydrogen-bond acceptors (Lipinski definition) is 8. The lowest BCUT2D eigenvalue weighted by Crippen LogP contribution is -2.11. The molecule has 0 unspecified atom stereocenters. The summed E-state index contributed by atoms with van der Waals surface area (Å²) in [6.45, 7) is 0.714. The maximum atomic E-state index is 11.5. The van der Waals surface area contributed by atoms with Crippen LogP contribution in [0.15, 0.2) is 285 Å². The van der Waals surface area contributed by atoms with E-state index in [1.165, 1.54) is 0 Å². The summed E-state index contributed by atoms with van der Waals surface area (Å²) in [5.74, 6) is 2.27. The summed E-state index contributed by atoms with van der Waals surface area (Å²) in [5, 5.41) is 46.2. The van der Waals surface area contributed by atoms with E-state index < -0.39 is 0 Å². The van der Waals surface area contributed by atoms with Crippen LogP contribution in [0.2, 0.25) is 0 Å². The van der Waals surface area contributed by atoms with Crippen molar-refractivity contribution < 1.29 is 18.9 Å². The van der Waals surface area contributed by atoms with Crippen molar-refractivity contribution >= 4 is 110 Å². The molecule has 0 saturated carbocycles. The number of fused-ring (bicyclic) bond motifs is 8. The van der Waals surface area contributed by atoms with E-state index in [0.717, 1.165) is 107 Å². The molecular formula is C92H64Br4N4O4. The van der Waals surface area contributed by atoms with E-state index in [1.54, 1.807) is 0 Å². The molecule has 0 amide bonds. The van der Waals surface area contributed by atoms with Gasteiger partial charge in [-0.05, 0) is 233 Å². The Balaban J connectivity index is 1.17. The first kappa shape index (κ1) is 71.1. The van der Waals surface area contributed by atoms with Crippen LogP contribution in [-0.2, 0) is 52.1 Å². The molecule has 8 nitrogen and oxygen atoms in total. The second-order valence-corrected chi connectivity index (χ2v) is 28.8. The number of benzene rings is 12. The van der Waals surface area contributed by atoms with Crippen molar-refractivity contribution in [3.63, 3.8) is 0 Å². The monoisotopic (exact) mass is 1600 g/mol. The van der Waals surface area contributed by atoms with Gasteiger partial charge >= 0.3 is 0 Å².